The first-order valence-electron chi connectivity index (χ1n) is 8.26. The largest absolute Gasteiger partial charge is 0.341 e. The Bertz CT molecular complexity index is 988. The molecule has 9 heteroatoms. The van der Waals surface area contributed by atoms with Crippen molar-refractivity contribution < 1.29 is 22.4 Å². The Morgan fingerprint density at radius 1 is 1.11 bits per heavy atom. The zero-order valence-electron chi connectivity index (χ0n) is 14.8. The zero-order chi connectivity index (χ0) is 20.6. The first kappa shape index (κ1) is 21.1. The fraction of sp³-hybridized carbons (Fsp3) is 0.211. The maximum atomic E-state index is 13.3. The highest BCUT2D eigenvalue weighted by Crippen LogP contribution is 2.10. The van der Waals surface area contributed by atoms with Gasteiger partial charge < -0.3 is 10.6 Å². The van der Waals surface area contributed by atoms with Gasteiger partial charge in [0.2, 0.25) is 5.91 Å². The molecule has 28 heavy (non-hydrogen) atoms. The van der Waals surface area contributed by atoms with Gasteiger partial charge in [0, 0.05) is 5.56 Å². The van der Waals surface area contributed by atoms with Crippen LogP contribution in [0.4, 0.5) is 4.39 Å². The normalized spacial score (nSPS) is 11.9. The van der Waals surface area contributed by atoms with Crippen molar-refractivity contribution in [2.75, 3.05) is 12.3 Å². The highest BCUT2D eigenvalue weighted by Gasteiger charge is 2.27. The molecule has 7 nitrogen and oxygen atoms in total. The summed E-state index contributed by atoms with van der Waals surface area (Å²) in [7, 11) is -3.87. The third-order valence-electron chi connectivity index (χ3n) is 3.70. The molecule has 2 N–H and O–H groups in total. The third-order valence-corrected chi connectivity index (χ3v) is 5.31. The van der Waals surface area contributed by atoms with Gasteiger partial charge in [0.1, 0.15) is 18.4 Å². The SMILES string of the molecule is N#CCNC(=O)[C@H](CS(=O)(=O)Cc1cccc(F)c1)NC(=O)c1ccccc1. The summed E-state index contributed by atoms with van der Waals surface area (Å²) in [5, 5.41) is 13.2. The number of sulfone groups is 1. The predicted molar refractivity (Wildman–Crippen MR) is 100 cm³/mol. The topological polar surface area (TPSA) is 116 Å². The number of carbonyl (C=O) groups excluding carboxylic acids is 2. The first-order valence-corrected chi connectivity index (χ1v) is 10.1. The molecule has 2 amide bonds. The van der Waals surface area contributed by atoms with Crippen LogP contribution < -0.4 is 10.6 Å². The Kier molecular flexibility index (Phi) is 7.23. The van der Waals surface area contributed by atoms with E-state index in [4.69, 9.17) is 5.26 Å². The van der Waals surface area contributed by atoms with E-state index in [0.717, 1.165) is 6.07 Å². The van der Waals surface area contributed by atoms with Crippen LogP contribution in [0.3, 0.4) is 0 Å². The highest BCUT2D eigenvalue weighted by molar-refractivity contribution is 7.90. The molecule has 2 rings (SSSR count). The molecule has 1 atom stereocenters. The van der Waals surface area contributed by atoms with Gasteiger partial charge in [0.25, 0.3) is 5.91 Å². The van der Waals surface area contributed by atoms with Crippen LogP contribution in [-0.4, -0.2) is 38.6 Å². The Labute approximate surface area is 162 Å². The van der Waals surface area contributed by atoms with Crippen molar-refractivity contribution in [1.29, 1.82) is 5.26 Å². The molecular weight excluding hydrogens is 385 g/mol. The average molecular weight is 403 g/mol. The molecule has 0 aliphatic carbocycles. The Hall–Kier alpha value is -3.25. The second-order valence-electron chi connectivity index (χ2n) is 5.95. The lowest BCUT2D eigenvalue weighted by atomic mass is 10.2. The molecule has 0 aliphatic heterocycles. The van der Waals surface area contributed by atoms with E-state index in [1.54, 1.807) is 24.3 Å². The van der Waals surface area contributed by atoms with Crippen LogP contribution in [-0.2, 0) is 20.4 Å². The summed E-state index contributed by atoms with van der Waals surface area (Å²) in [4.78, 5) is 24.6. The number of nitriles is 1. The third kappa shape index (κ3) is 6.48. The van der Waals surface area contributed by atoms with E-state index in [2.05, 4.69) is 10.6 Å². The minimum absolute atomic E-state index is 0.227. The van der Waals surface area contributed by atoms with Crippen LogP contribution in [0.1, 0.15) is 15.9 Å². The van der Waals surface area contributed by atoms with Crippen molar-refractivity contribution in [3.8, 4) is 6.07 Å². The maximum Gasteiger partial charge on any atom is 0.251 e. The molecule has 2 aromatic carbocycles. The monoisotopic (exact) mass is 403 g/mol. The van der Waals surface area contributed by atoms with Gasteiger partial charge in [-0.1, -0.05) is 30.3 Å². The molecule has 0 spiro atoms. The number of halogens is 1. The molecule has 0 heterocycles. The van der Waals surface area contributed by atoms with Crippen molar-refractivity contribution in [3.63, 3.8) is 0 Å². The molecule has 2 aromatic rings. The number of benzene rings is 2. The first-order chi connectivity index (χ1) is 13.3. The fourth-order valence-electron chi connectivity index (χ4n) is 2.46. The smallest absolute Gasteiger partial charge is 0.251 e. The van der Waals surface area contributed by atoms with Gasteiger partial charge in [-0.05, 0) is 29.8 Å². The lowest BCUT2D eigenvalue weighted by Crippen LogP contribution is -2.50. The Morgan fingerprint density at radius 2 is 1.82 bits per heavy atom. The van der Waals surface area contributed by atoms with Gasteiger partial charge in [-0.2, -0.15) is 5.26 Å². The van der Waals surface area contributed by atoms with E-state index in [-0.39, 0.29) is 17.7 Å². The van der Waals surface area contributed by atoms with Gasteiger partial charge >= 0.3 is 0 Å². The van der Waals surface area contributed by atoms with Gasteiger partial charge in [0.05, 0.1) is 17.6 Å². The molecule has 146 valence electrons. The van der Waals surface area contributed by atoms with Crippen LogP contribution in [0.5, 0.6) is 0 Å². The molecule has 0 aromatic heterocycles. The van der Waals surface area contributed by atoms with Crippen LogP contribution in [0, 0.1) is 17.1 Å². The summed E-state index contributed by atoms with van der Waals surface area (Å²) in [5.41, 5.74) is 0.480. The standard InChI is InChI=1S/C19H18FN3O4S/c20-16-8-4-5-14(11-16)12-28(26,27)13-17(19(25)22-10-9-21)23-18(24)15-6-2-1-3-7-15/h1-8,11,17H,10,12-13H2,(H,22,25)(H,23,24)/t17-/m0/s1. The maximum absolute atomic E-state index is 13.3. The quantitative estimate of drug-likeness (QED) is 0.642. The van der Waals surface area contributed by atoms with Crippen LogP contribution in [0.25, 0.3) is 0 Å². The molecule has 0 fully saturated rings. The number of rotatable bonds is 8. The van der Waals surface area contributed by atoms with Gasteiger partial charge in [-0.15, -0.1) is 0 Å². The summed E-state index contributed by atoms with van der Waals surface area (Å²) in [5.74, 6) is -3.19. The van der Waals surface area contributed by atoms with Crippen molar-refractivity contribution >= 4 is 21.7 Å². The molecule has 0 radical (unpaired) electrons. The molecular formula is C19H18FN3O4S. The summed E-state index contributed by atoms with van der Waals surface area (Å²) >= 11 is 0. The van der Waals surface area contributed by atoms with E-state index in [1.165, 1.54) is 30.3 Å². The second kappa shape index (κ2) is 9.62. The Morgan fingerprint density at radius 3 is 2.46 bits per heavy atom. The summed E-state index contributed by atoms with van der Waals surface area (Å²) in [6, 6.07) is 13.4. The van der Waals surface area contributed by atoms with E-state index in [1.807, 2.05) is 0 Å². The van der Waals surface area contributed by atoms with Gasteiger partial charge in [-0.3, -0.25) is 9.59 Å². The van der Waals surface area contributed by atoms with E-state index in [0.29, 0.717) is 0 Å². The molecule has 0 aliphatic rings. The summed E-state index contributed by atoms with van der Waals surface area (Å²) in [6.07, 6.45) is 0. The number of hydrogen-bond donors (Lipinski definition) is 2. The average Bonchev–Trinajstić information content (AvgIpc) is 2.65. The molecule has 0 bridgehead atoms. The van der Waals surface area contributed by atoms with Gasteiger partial charge in [0.15, 0.2) is 9.84 Å². The number of nitrogens with zero attached hydrogens (tertiary/aromatic N) is 1. The minimum atomic E-state index is -3.87. The summed E-state index contributed by atoms with van der Waals surface area (Å²) < 4.78 is 38.3. The number of carbonyl (C=O) groups is 2. The summed E-state index contributed by atoms with van der Waals surface area (Å²) in [6.45, 7) is -0.333. The van der Waals surface area contributed by atoms with Crippen molar-refractivity contribution in [3.05, 3.63) is 71.5 Å². The Balaban J connectivity index is 2.17. The number of hydrogen-bond acceptors (Lipinski definition) is 5. The van der Waals surface area contributed by atoms with E-state index >= 15 is 0 Å². The second-order valence-corrected chi connectivity index (χ2v) is 8.06. The predicted octanol–water partition coefficient (Wildman–Crippen LogP) is 1.18. The molecule has 0 saturated carbocycles. The molecule has 0 unspecified atom stereocenters. The zero-order valence-corrected chi connectivity index (χ0v) is 15.6. The number of nitrogens with one attached hydrogen (secondary N) is 2. The molecule has 0 saturated heterocycles. The van der Waals surface area contributed by atoms with Gasteiger partial charge in [-0.25, -0.2) is 12.8 Å². The van der Waals surface area contributed by atoms with Crippen molar-refractivity contribution in [1.82, 2.24) is 10.6 Å². The van der Waals surface area contributed by atoms with E-state index in [9.17, 15) is 22.4 Å². The van der Waals surface area contributed by atoms with Crippen LogP contribution in [0.15, 0.2) is 54.6 Å². The van der Waals surface area contributed by atoms with Crippen molar-refractivity contribution in [2.45, 2.75) is 11.8 Å². The van der Waals surface area contributed by atoms with Crippen LogP contribution >= 0.6 is 0 Å². The van der Waals surface area contributed by atoms with Crippen molar-refractivity contribution in [2.24, 2.45) is 0 Å². The lowest BCUT2D eigenvalue weighted by Gasteiger charge is -2.18. The fourth-order valence-corrected chi connectivity index (χ4v) is 4.01. The van der Waals surface area contributed by atoms with Crippen LogP contribution in [0.2, 0.25) is 0 Å². The highest BCUT2D eigenvalue weighted by atomic mass is 32.2. The van der Waals surface area contributed by atoms with E-state index < -0.39 is 45.0 Å². The number of amides is 2. The minimum Gasteiger partial charge on any atom is -0.341 e. The lowest BCUT2D eigenvalue weighted by molar-refractivity contribution is -0.122.